The van der Waals surface area contributed by atoms with Gasteiger partial charge in [0.25, 0.3) is 11.8 Å². The van der Waals surface area contributed by atoms with E-state index in [1.54, 1.807) is 43.3 Å². The van der Waals surface area contributed by atoms with Crippen LogP contribution in [0.2, 0.25) is 0 Å². The number of hydrogen-bond acceptors (Lipinski definition) is 4. The lowest BCUT2D eigenvalue weighted by molar-refractivity contribution is -0.122. The van der Waals surface area contributed by atoms with E-state index in [9.17, 15) is 9.59 Å². The Bertz CT molecular complexity index is 773. The van der Waals surface area contributed by atoms with E-state index in [1.807, 2.05) is 18.2 Å². The number of para-hydroxylation sites is 2. The molecule has 2 amide bonds. The molecule has 0 aromatic heterocycles. The van der Waals surface area contributed by atoms with Gasteiger partial charge in [-0.05, 0) is 44.0 Å². The van der Waals surface area contributed by atoms with Crippen LogP contribution >= 0.6 is 0 Å². The van der Waals surface area contributed by atoms with Crippen molar-refractivity contribution in [2.45, 2.75) is 32.0 Å². The highest BCUT2D eigenvalue weighted by Crippen LogP contribution is 2.17. The first-order valence-electron chi connectivity index (χ1n) is 9.15. The lowest BCUT2D eigenvalue weighted by Crippen LogP contribution is -2.34. The predicted molar refractivity (Wildman–Crippen MR) is 103 cm³/mol. The first kappa shape index (κ1) is 18.9. The molecule has 0 unspecified atom stereocenters. The van der Waals surface area contributed by atoms with Crippen LogP contribution in [-0.4, -0.2) is 37.2 Å². The number of rotatable bonds is 7. The van der Waals surface area contributed by atoms with Crippen molar-refractivity contribution in [3.05, 3.63) is 60.2 Å². The zero-order chi connectivity index (χ0) is 19.1. The van der Waals surface area contributed by atoms with Crippen molar-refractivity contribution in [3.63, 3.8) is 0 Å². The monoisotopic (exact) mass is 368 g/mol. The van der Waals surface area contributed by atoms with Gasteiger partial charge in [-0.15, -0.1) is 0 Å². The van der Waals surface area contributed by atoms with Gasteiger partial charge in [0, 0.05) is 13.2 Å². The highest BCUT2D eigenvalue weighted by Gasteiger charge is 2.20. The summed E-state index contributed by atoms with van der Waals surface area (Å²) in [5.41, 5.74) is 0.867. The molecule has 1 fully saturated rings. The van der Waals surface area contributed by atoms with Gasteiger partial charge in [0.15, 0.2) is 6.10 Å². The number of anilines is 1. The fraction of sp³-hybridized carbons (Fsp3) is 0.333. The van der Waals surface area contributed by atoms with Gasteiger partial charge in [-0.25, -0.2) is 0 Å². The Morgan fingerprint density at radius 3 is 2.63 bits per heavy atom. The van der Waals surface area contributed by atoms with Crippen LogP contribution in [-0.2, 0) is 9.53 Å². The Morgan fingerprint density at radius 2 is 1.89 bits per heavy atom. The van der Waals surface area contributed by atoms with Crippen LogP contribution in [0.3, 0.4) is 0 Å². The summed E-state index contributed by atoms with van der Waals surface area (Å²) < 4.78 is 11.2. The molecule has 27 heavy (non-hydrogen) atoms. The van der Waals surface area contributed by atoms with Crippen LogP contribution in [0.5, 0.6) is 5.75 Å². The number of carbonyl (C=O) groups is 2. The van der Waals surface area contributed by atoms with E-state index in [0.29, 0.717) is 23.5 Å². The average molecular weight is 368 g/mol. The van der Waals surface area contributed by atoms with Crippen molar-refractivity contribution in [2.75, 3.05) is 18.5 Å². The van der Waals surface area contributed by atoms with E-state index in [2.05, 4.69) is 10.6 Å². The predicted octanol–water partition coefficient (Wildman–Crippen LogP) is 3.00. The Balaban J connectivity index is 1.60. The molecule has 2 atom stereocenters. The lowest BCUT2D eigenvalue weighted by atomic mass is 10.1. The third kappa shape index (κ3) is 5.31. The topological polar surface area (TPSA) is 76.7 Å². The van der Waals surface area contributed by atoms with Crippen LogP contribution in [0, 0.1) is 0 Å². The van der Waals surface area contributed by atoms with E-state index in [-0.39, 0.29) is 17.9 Å². The minimum absolute atomic E-state index is 0.0648. The molecule has 2 aromatic carbocycles. The van der Waals surface area contributed by atoms with Crippen molar-refractivity contribution >= 4 is 17.5 Å². The highest BCUT2D eigenvalue weighted by atomic mass is 16.5. The minimum atomic E-state index is -0.699. The summed E-state index contributed by atoms with van der Waals surface area (Å²) in [6, 6.07) is 16.1. The second-order valence-electron chi connectivity index (χ2n) is 6.45. The van der Waals surface area contributed by atoms with Crippen molar-refractivity contribution in [3.8, 4) is 5.75 Å². The average Bonchev–Trinajstić information content (AvgIpc) is 3.21. The second kappa shape index (κ2) is 9.19. The molecule has 0 bridgehead atoms. The first-order chi connectivity index (χ1) is 13.1. The molecular weight excluding hydrogens is 344 g/mol. The molecule has 0 radical (unpaired) electrons. The van der Waals surface area contributed by atoms with Gasteiger partial charge in [0.1, 0.15) is 5.75 Å². The number of benzene rings is 2. The van der Waals surface area contributed by atoms with Crippen molar-refractivity contribution in [1.29, 1.82) is 0 Å². The van der Waals surface area contributed by atoms with Crippen LogP contribution in [0.25, 0.3) is 0 Å². The standard InChI is InChI=1S/C21H24N2O4/c1-15(27-16-8-3-2-4-9-16)20(24)23-19-12-6-5-11-18(19)21(25)22-14-17-10-7-13-26-17/h2-6,8-9,11-12,15,17H,7,10,13-14H2,1H3,(H,22,25)(H,23,24)/t15-,17+/m0/s1. The van der Waals surface area contributed by atoms with Crippen LogP contribution < -0.4 is 15.4 Å². The zero-order valence-corrected chi connectivity index (χ0v) is 15.3. The van der Waals surface area contributed by atoms with Crippen LogP contribution in [0.15, 0.2) is 54.6 Å². The van der Waals surface area contributed by atoms with E-state index in [1.165, 1.54) is 0 Å². The zero-order valence-electron chi connectivity index (χ0n) is 15.3. The second-order valence-corrected chi connectivity index (χ2v) is 6.45. The number of hydrogen-bond donors (Lipinski definition) is 2. The Kier molecular flexibility index (Phi) is 6.44. The summed E-state index contributed by atoms with van der Waals surface area (Å²) >= 11 is 0. The van der Waals surface area contributed by atoms with Gasteiger partial charge >= 0.3 is 0 Å². The molecule has 142 valence electrons. The number of ether oxygens (including phenoxy) is 2. The van der Waals surface area contributed by atoms with Gasteiger partial charge in [0.05, 0.1) is 17.4 Å². The fourth-order valence-corrected chi connectivity index (χ4v) is 2.89. The summed E-state index contributed by atoms with van der Waals surface area (Å²) in [5, 5.41) is 5.66. The minimum Gasteiger partial charge on any atom is -0.481 e. The molecule has 0 spiro atoms. The first-order valence-corrected chi connectivity index (χ1v) is 9.15. The summed E-state index contributed by atoms with van der Waals surface area (Å²) in [7, 11) is 0. The molecular formula is C21H24N2O4. The lowest BCUT2D eigenvalue weighted by Gasteiger charge is -2.17. The van der Waals surface area contributed by atoms with Gasteiger partial charge in [-0.1, -0.05) is 30.3 Å². The maximum absolute atomic E-state index is 12.5. The molecule has 1 heterocycles. The van der Waals surface area contributed by atoms with Gasteiger partial charge in [0.2, 0.25) is 0 Å². The summed E-state index contributed by atoms with van der Waals surface area (Å²) in [6.45, 7) is 2.88. The number of nitrogens with one attached hydrogen (secondary N) is 2. The van der Waals surface area contributed by atoms with Gasteiger partial charge < -0.3 is 20.1 Å². The normalized spacial score (nSPS) is 17.1. The van der Waals surface area contributed by atoms with Gasteiger partial charge in [-0.2, -0.15) is 0 Å². The SMILES string of the molecule is C[C@H](Oc1ccccc1)C(=O)Nc1ccccc1C(=O)NC[C@H]1CCCO1. The Hall–Kier alpha value is -2.86. The third-order valence-electron chi connectivity index (χ3n) is 4.37. The smallest absolute Gasteiger partial charge is 0.265 e. The van der Waals surface area contributed by atoms with Crippen molar-refractivity contribution in [2.24, 2.45) is 0 Å². The Morgan fingerprint density at radius 1 is 1.15 bits per heavy atom. The van der Waals surface area contributed by atoms with E-state index >= 15 is 0 Å². The maximum atomic E-state index is 12.5. The molecule has 6 heteroatoms. The molecule has 2 N–H and O–H groups in total. The molecule has 3 rings (SSSR count). The summed E-state index contributed by atoms with van der Waals surface area (Å²) in [5.74, 6) is 0.0546. The van der Waals surface area contributed by atoms with Gasteiger partial charge in [-0.3, -0.25) is 9.59 Å². The molecule has 1 aliphatic heterocycles. The molecule has 6 nitrogen and oxygen atoms in total. The van der Waals surface area contributed by atoms with Crippen molar-refractivity contribution < 1.29 is 19.1 Å². The fourth-order valence-electron chi connectivity index (χ4n) is 2.89. The van der Waals surface area contributed by atoms with Crippen LogP contribution in [0.4, 0.5) is 5.69 Å². The third-order valence-corrected chi connectivity index (χ3v) is 4.37. The van der Waals surface area contributed by atoms with E-state index < -0.39 is 6.10 Å². The van der Waals surface area contributed by atoms with Crippen molar-refractivity contribution in [1.82, 2.24) is 5.32 Å². The summed E-state index contributed by atoms with van der Waals surface area (Å²) in [4.78, 5) is 25.0. The summed E-state index contributed by atoms with van der Waals surface area (Å²) in [6.07, 6.45) is 1.34. The largest absolute Gasteiger partial charge is 0.481 e. The molecule has 2 aromatic rings. The quantitative estimate of drug-likeness (QED) is 0.788. The maximum Gasteiger partial charge on any atom is 0.265 e. The highest BCUT2D eigenvalue weighted by molar-refractivity contribution is 6.04. The molecule has 1 aliphatic rings. The van der Waals surface area contributed by atoms with E-state index in [4.69, 9.17) is 9.47 Å². The molecule has 0 aliphatic carbocycles. The molecule has 0 saturated carbocycles. The molecule has 1 saturated heterocycles. The van der Waals surface area contributed by atoms with Crippen LogP contribution in [0.1, 0.15) is 30.1 Å². The number of carbonyl (C=O) groups excluding carboxylic acids is 2. The number of amides is 2. The Labute approximate surface area is 158 Å². The van der Waals surface area contributed by atoms with E-state index in [0.717, 1.165) is 19.4 Å².